The molecule has 1 aliphatic rings. The van der Waals surface area contributed by atoms with Crippen LogP contribution in [-0.4, -0.2) is 36.3 Å². The summed E-state index contributed by atoms with van der Waals surface area (Å²) in [4.78, 5) is 28.6. The number of carbonyl (C=O) groups excluding carboxylic acids is 2. The third kappa shape index (κ3) is 3.49. The Labute approximate surface area is 133 Å². The third-order valence-corrected chi connectivity index (χ3v) is 4.36. The van der Waals surface area contributed by atoms with Crippen LogP contribution in [0.1, 0.15) is 38.7 Å². The van der Waals surface area contributed by atoms with E-state index < -0.39 is 0 Å². The van der Waals surface area contributed by atoms with E-state index in [-0.39, 0.29) is 17.7 Å². The normalized spacial score (nSPS) is 17.9. The number of rotatable bonds is 6. The molecule has 1 aromatic carbocycles. The largest absolute Gasteiger partial charge is 0.343 e. The van der Waals surface area contributed by atoms with Gasteiger partial charge in [0, 0.05) is 31.7 Å². The van der Waals surface area contributed by atoms with Crippen LogP contribution in [0, 0.1) is 12.8 Å². The van der Waals surface area contributed by atoms with Gasteiger partial charge in [0.05, 0.1) is 5.92 Å². The quantitative estimate of drug-likeness (QED) is 0.810. The topological polar surface area (TPSA) is 40.6 Å². The second-order valence-electron chi connectivity index (χ2n) is 5.96. The van der Waals surface area contributed by atoms with Crippen LogP contribution in [0.4, 0.5) is 5.69 Å². The number of benzene rings is 1. The lowest BCUT2D eigenvalue weighted by Crippen LogP contribution is -2.38. The van der Waals surface area contributed by atoms with Gasteiger partial charge in [-0.25, -0.2) is 0 Å². The number of anilines is 1. The van der Waals surface area contributed by atoms with E-state index in [1.54, 1.807) is 4.90 Å². The Morgan fingerprint density at radius 2 is 2.05 bits per heavy atom. The predicted octanol–water partition coefficient (Wildman–Crippen LogP) is 3.00. The van der Waals surface area contributed by atoms with E-state index in [9.17, 15) is 9.59 Å². The molecule has 0 bridgehead atoms. The maximum Gasteiger partial charge on any atom is 0.228 e. The Kier molecular flexibility index (Phi) is 5.58. The Morgan fingerprint density at radius 1 is 1.32 bits per heavy atom. The molecule has 0 N–H and O–H groups in total. The summed E-state index contributed by atoms with van der Waals surface area (Å²) in [6.07, 6.45) is 2.42. The summed E-state index contributed by atoms with van der Waals surface area (Å²) < 4.78 is 0. The molecule has 1 unspecified atom stereocenters. The molecule has 1 atom stereocenters. The zero-order valence-electron chi connectivity index (χ0n) is 13.8. The molecule has 0 saturated carbocycles. The lowest BCUT2D eigenvalue weighted by molar-refractivity contribution is -0.135. The summed E-state index contributed by atoms with van der Waals surface area (Å²) >= 11 is 0. The summed E-state index contributed by atoms with van der Waals surface area (Å²) in [7, 11) is 0. The van der Waals surface area contributed by atoms with Crippen molar-refractivity contribution in [3.05, 3.63) is 29.8 Å². The minimum Gasteiger partial charge on any atom is -0.343 e. The van der Waals surface area contributed by atoms with Crippen molar-refractivity contribution in [1.82, 2.24) is 4.90 Å². The summed E-state index contributed by atoms with van der Waals surface area (Å²) in [5.74, 6) is -0.0245. The van der Waals surface area contributed by atoms with Crippen LogP contribution in [-0.2, 0) is 9.59 Å². The van der Waals surface area contributed by atoms with E-state index in [0.717, 1.165) is 30.6 Å². The third-order valence-electron chi connectivity index (χ3n) is 4.36. The van der Waals surface area contributed by atoms with Gasteiger partial charge in [-0.1, -0.05) is 31.5 Å². The Morgan fingerprint density at radius 3 is 2.68 bits per heavy atom. The van der Waals surface area contributed by atoms with Gasteiger partial charge in [-0.15, -0.1) is 0 Å². The second-order valence-corrected chi connectivity index (χ2v) is 5.96. The summed E-state index contributed by atoms with van der Waals surface area (Å²) in [5, 5.41) is 0. The van der Waals surface area contributed by atoms with Gasteiger partial charge in [0.1, 0.15) is 0 Å². The highest BCUT2D eigenvalue weighted by atomic mass is 16.2. The predicted molar refractivity (Wildman–Crippen MR) is 88.8 cm³/mol. The molecule has 0 aliphatic carbocycles. The zero-order valence-corrected chi connectivity index (χ0v) is 13.8. The van der Waals surface area contributed by atoms with Gasteiger partial charge in [0.15, 0.2) is 0 Å². The van der Waals surface area contributed by atoms with Crippen molar-refractivity contribution in [3.63, 3.8) is 0 Å². The number of aryl methyl sites for hydroxylation is 1. The van der Waals surface area contributed by atoms with Crippen LogP contribution >= 0.6 is 0 Å². The van der Waals surface area contributed by atoms with Gasteiger partial charge < -0.3 is 9.80 Å². The monoisotopic (exact) mass is 302 g/mol. The average Bonchev–Trinajstić information content (AvgIpc) is 2.90. The Bertz CT molecular complexity index is 542. The first-order valence-electron chi connectivity index (χ1n) is 8.23. The van der Waals surface area contributed by atoms with Gasteiger partial charge in [-0.05, 0) is 31.9 Å². The second kappa shape index (κ2) is 7.43. The molecular formula is C18H26N2O2. The van der Waals surface area contributed by atoms with E-state index in [0.29, 0.717) is 19.5 Å². The molecule has 1 fully saturated rings. The molecule has 1 aromatic rings. The summed E-state index contributed by atoms with van der Waals surface area (Å²) in [5.41, 5.74) is 2.00. The van der Waals surface area contributed by atoms with Crippen LogP contribution in [0.25, 0.3) is 0 Å². The highest BCUT2D eigenvalue weighted by molar-refractivity contribution is 6.00. The molecule has 4 heteroatoms. The van der Waals surface area contributed by atoms with Gasteiger partial charge in [-0.3, -0.25) is 9.59 Å². The molecule has 0 spiro atoms. The summed E-state index contributed by atoms with van der Waals surface area (Å²) in [6.45, 7) is 8.14. The van der Waals surface area contributed by atoms with Crippen LogP contribution in [0.3, 0.4) is 0 Å². The SMILES string of the molecule is CCCCN(CC)C(=O)C1CC(=O)N(c2ccccc2C)C1. The van der Waals surface area contributed by atoms with Crippen LogP contribution in [0.5, 0.6) is 0 Å². The molecule has 120 valence electrons. The van der Waals surface area contributed by atoms with Crippen molar-refractivity contribution in [3.8, 4) is 0 Å². The van der Waals surface area contributed by atoms with E-state index in [2.05, 4.69) is 6.92 Å². The number of unbranched alkanes of at least 4 members (excludes halogenated alkanes) is 1. The molecular weight excluding hydrogens is 276 g/mol. The highest BCUT2D eigenvalue weighted by Crippen LogP contribution is 2.28. The number of para-hydroxylation sites is 1. The Hall–Kier alpha value is -1.84. The van der Waals surface area contributed by atoms with E-state index in [4.69, 9.17) is 0 Å². The zero-order chi connectivity index (χ0) is 16.1. The fourth-order valence-corrected chi connectivity index (χ4v) is 3.00. The lowest BCUT2D eigenvalue weighted by atomic mass is 10.1. The first-order chi connectivity index (χ1) is 10.6. The molecule has 0 aromatic heterocycles. The lowest BCUT2D eigenvalue weighted by Gasteiger charge is -2.24. The number of carbonyl (C=O) groups is 2. The van der Waals surface area contributed by atoms with Crippen LogP contribution in [0.15, 0.2) is 24.3 Å². The first-order valence-corrected chi connectivity index (χ1v) is 8.23. The summed E-state index contributed by atoms with van der Waals surface area (Å²) in [6, 6.07) is 7.85. The molecule has 1 heterocycles. The number of nitrogens with zero attached hydrogens (tertiary/aromatic N) is 2. The van der Waals surface area contributed by atoms with Crippen molar-refractivity contribution in [2.45, 2.75) is 40.0 Å². The first kappa shape index (κ1) is 16.5. The molecule has 1 saturated heterocycles. The standard InChI is InChI=1S/C18H26N2O2/c1-4-6-11-19(5-2)18(22)15-12-17(21)20(13-15)16-10-8-7-9-14(16)3/h7-10,15H,4-6,11-13H2,1-3H3. The fraction of sp³-hybridized carbons (Fsp3) is 0.556. The van der Waals surface area contributed by atoms with Crippen molar-refractivity contribution in [1.29, 1.82) is 0 Å². The van der Waals surface area contributed by atoms with E-state index >= 15 is 0 Å². The minimum atomic E-state index is -0.205. The van der Waals surface area contributed by atoms with Crippen molar-refractivity contribution in [2.24, 2.45) is 5.92 Å². The number of hydrogen-bond donors (Lipinski definition) is 0. The van der Waals surface area contributed by atoms with Gasteiger partial charge in [-0.2, -0.15) is 0 Å². The van der Waals surface area contributed by atoms with Gasteiger partial charge in [0.25, 0.3) is 0 Å². The minimum absolute atomic E-state index is 0.0548. The van der Waals surface area contributed by atoms with Gasteiger partial charge >= 0.3 is 0 Å². The van der Waals surface area contributed by atoms with E-state index in [1.165, 1.54) is 0 Å². The molecule has 2 rings (SSSR count). The van der Waals surface area contributed by atoms with Gasteiger partial charge in [0.2, 0.25) is 11.8 Å². The molecule has 2 amide bonds. The van der Waals surface area contributed by atoms with E-state index in [1.807, 2.05) is 43.0 Å². The van der Waals surface area contributed by atoms with Crippen LogP contribution < -0.4 is 4.90 Å². The van der Waals surface area contributed by atoms with Crippen molar-refractivity contribution < 1.29 is 9.59 Å². The smallest absolute Gasteiger partial charge is 0.228 e. The molecule has 22 heavy (non-hydrogen) atoms. The average molecular weight is 302 g/mol. The molecule has 4 nitrogen and oxygen atoms in total. The number of amides is 2. The van der Waals surface area contributed by atoms with Crippen LogP contribution in [0.2, 0.25) is 0 Å². The number of hydrogen-bond acceptors (Lipinski definition) is 2. The highest BCUT2D eigenvalue weighted by Gasteiger charge is 2.37. The maximum atomic E-state index is 12.6. The van der Waals surface area contributed by atoms with Crippen molar-refractivity contribution in [2.75, 3.05) is 24.5 Å². The molecule has 1 aliphatic heterocycles. The van der Waals surface area contributed by atoms with Crippen molar-refractivity contribution >= 4 is 17.5 Å². The Balaban J connectivity index is 2.08. The fourth-order valence-electron chi connectivity index (χ4n) is 3.00. The molecule has 0 radical (unpaired) electrons. The maximum absolute atomic E-state index is 12.6.